The van der Waals surface area contributed by atoms with Gasteiger partial charge in [-0.1, -0.05) is 6.92 Å². The van der Waals surface area contributed by atoms with E-state index in [9.17, 15) is 14.5 Å². The average molecular weight is 433 g/mol. The number of ether oxygens (including phenoxy) is 2. The number of rotatable bonds is 9. The number of nitrogens with one attached hydrogen (secondary N) is 1. The first-order valence-corrected chi connectivity index (χ1v) is 10.6. The third-order valence-corrected chi connectivity index (χ3v) is 5.08. The molecule has 29 heavy (non-hydrogen) atoms. The highest BCUT2D eigenvalue weighted by Gasteiger charge is 2.45. The Balaban J connectivity index is 1.85. The Bertz CT molecular complexity index is 942. The van der Waals surface area contributed by atoms with Gasteiger partial charge in [-0.25, -0.2) is 9.55 Å². The molecule has 4 atom stereocenters. The molecule has 1 aliphatic rings. The minimum absolute atomic E-state index is 0.0211. The van der Waals surface area contributed by atoms with Gasteiger partial charge in [-0.3, -0.25) is 18.9 Å². The third kappa shape index (κ3) is 5.01. The lowest BCUT2D eigenvalue weighted by Crippen LogP contribution is -2.29. The van der Waals surface area contributed by atoms with E-state index in [4.69, 9.17) is 25.0 Å². The number of aromatic amines is 1. The molecule has 6 N–H and O–H groups in total. The Labute approximate surface area is 165 Å². The highest BCUT2D eigenvalue weighted by atomic mass is 31.2. The average Bonchev–Trinajstić information content (AvgIpc) is 3.18. The van der Waals surface area contributed by atoms with Crippen LogP contribution >= 0.6 is 7.82 Å². The topological polar surface area (TPSA) is 195 Å². The van der Waals surface area contributed by atoms with E-state index >= 15 is 0 Å². The molecule has 0 radical (unpaired) electrons. The molecule has 3 heterocycles. The number of fused-ring (bicyclic) bond motifs is 1. The number of aliphatic hydroxyl groups excluding tert-OH is 1. The Morgan fingerprint density at radius 3 is 2.86 bits per heavy atom. The van der Waals surface area contributed by atoms with Crippen molar-refractivity contribution >= 4 is 24.9 Å². The van der Waals surface area contributed by atoms with Crippen molar-refractivity contribution < 1.29 is 33.5 Å². The second-order valence-electron chi connectivity index (χ2n) is 6.68. The molecule has 2 aromatic rings. The zero-order chi connectivity index (χ0) is 21.2. The van der Waals surface area contributed by atoms with Crippen LogP contribution in [0.3, 0.4) is 0 Å². The van der Waals surface area contributed by atoms with Crippen molar-refractivity contribution in [3.8, 4) is 0 Å². The maximum Gasteiger partial charge on any atom is 0.469 e. The quantitative estimate of drug-likeness (QED) is 0.253. The summed E-state index contributed by atoms with van der Waals surface area (Å²) >= 11 is 0. The number of H-pyrrole nitrogens is 1. The summed E-state index contributed by atoms with van der Waals surface area (Å²) in [6.45, 7) is 2.41. The maximum atomic E-state index is 12.0. The van der Waals surface area contributed by atoms with Crippen molar-refractivity contribution in [1.82, 2.24) is 19.5 Å². The summed E-state index contributed by atoms with van der Waals surface area (Å²) in [6, 6.07) is 0. The highest BCUT2D eigenvalue weighted by molar-refractivity contribution is 7.46. The number of anilines is 1. The summed E-state index contributed by atoms with van der Waals surface area (Å²) in [5.41, 5.74) is 5.20. The maximum absolute atomic E-state index is 12.0. The van der Waals surface area contributed by atoms with Crippen molar-refractivity contribution in [1.29, 1.82) is 0 Å². The van der Waals surface area contributed by atoms with Crippen molar-refractivity contribution in [2.24, 2.45) is 5.92 Å². The van der Waals surface area contributed by atoms with E-state index in [1.165, 1.54) is 10.9 Å². The number of aromatic nitrogens is 4. The fraction of sp³-hybridized carbons (Fsp3) is 0.667. The number of imidazole rings is 1. The Morgan fingerprint density at radius 2 is 2.17 bits per heavy atom. The molecule has 14 heteroatoms. The van der Waals surface area contributed by atoms with Crippen LogP contribution in [0, 0.1) is 5.92 Å². The summed E-state index contributed by atoms with van der Waals surface area (Å²) in [5.74, 6) is -0.664. The predicted molar refractivity (Wildman–Crippen MR) is 99.7 cm³/mol. The van der Waals surface area contributed by atoms with Crippen LogP contribution in [0.2, 0.25) is 0 Å². The van der Waals surface area contributed by atoms with E-state index in [0.717, 1.165) is 6.42 Å². The number of nitrogen functional groups attached to an aromatic ring is 1. The van der Waals surface area contributed by atoms with Gasteiger partial charge in [-0.05, 0) is 12.8 Å². The summed E-state index contributed by atoms with van der Waals surface area (Å²) in [6.07, 6.45) is -0.433. The fourth-order valence-corrected chi connectivity index (χ4v) is 3.65. The van der Waals surface area contributed by atoms with E-state index in [1.54, 1.807) is 0 Å². The van der Waals surface area contributed by atoms with Crippen LogP contribution in [0.5, 0.6) is 0 Å². The lowest BCUT2D eigenvalue weighted by Gasteiger charge is -2.20. The van der Waals surface area contributed by atoms with Crippen LogP contribution in [0.1, 0.15) is 26.0 Å². The van der Waals surface area contributed by atoms with E-state index in [2.05, 4.69) is 19.5 Å². The lowest BCUT2D eigenvalue weighted by atomic mass is 9.95. The van der Waals surface area contributed by atoms with Gasteiger partial charge in [0.2, 0.25) is 5.95 Å². The fourth-order valence-electron chi connectivity index (χ4n) is 3.31. The largest absolute Gasteiger partial charge is 0.469 e. The van der Waals surface area contributed by atoms with Gasteiger partial charge in [0.15, 0.2) is 17.4 Å². The molecule has 0 saturated carbocycles. The zero-order valence-corrected chi connectivity index (χ0v) is 16.6. The molecule has 0 bridgehead atoms. The van der Waals surface area contributed by atoms with Gasteiger partial charge >= 0.3 is 7.82 Å². The summed E-state index contributed by atoms with van der Waals surface area (Å²) in [7, 11) is -4.72. The van der Waals surface area contributed by atoms with Crippen molar-refractivity contribution in [2.75, 3.05) is 25.6 Å². The van der Waals surface area contributed by atoms with Gasteiger partial charge in [0.25, 0.3) is 5.56 Å². The van der Waals surface area contributed by atoms with Crippen molar-refractivity contribution in [3.05, 3.63) is 16.7 Å². The number of phosphoric acid groups is 1. The first kappa shape index (κ1) is 21.8. The molecule has 1 aliphatic heterocycles. The molecule has 13 nitrogen and oxygen atoms in total. The molecule has 1 saturated heterocycles. The minimum Gasteiger partial charge on any atom is -0.388 e. The molecular weight excluding hydrogens is 409 g/mol. The van der Waals surface area contributed by atoms with Crippen LogP contribution < -0.4 is 11.3 Å². The molecule has 0 aromatic carbocycles. The van der Waals surface area contributed by atoms with Crippen molar-refractivity contribution in [3.63, 3.8) is 0 Å². The van der Waals surface area contributed by atoms with Crippen LogP contribution in [0.15, 0.2) is 11.1 Å². The van der Waals surface area contributed by atoms with Crippen LogP contribution in [0.25, 0.3) is 11.2 Å². The predicted octanol–water partition coefficient (Wildman–Crippen LogP) is -0.498. The van der Waals surface area contributed by atoms with Gasteiger partial charge in [0, 0.05) is 19.1 Å². The number of hydrogen-bond acceptors (Lipinski definition) is 9. The van der Waals surface area contributed by atoms with Gasteiger partial charge in [-0.15, -0.1) is 0 Å². The second kappa shape index (κ2) is 8.88. The van der Waals surface area contributed by atoms with E-state index in [-0.39, 0.29) is 17.1 Å². The molecule has 162 valence electrons. The molecule has 0 amide bonds. The van der Waals surface area contributed by atoms with Crippen LogP contribution in [-0.4, -0.2) is 66.4 Å². The Morgan fingerprint density at radius 1 is 1.41 bits per heavy atom. The molecule has 2 aromatic heterocycles. The number of hydrogen-bond donors (Lipinski definition) is 5. The van der Waals surface area contributed by atoms with Gasteiger partial charge in [0.1, 0.15) is 6.10 Å². The van der Waals surface area contributed by atoms with Crippen molar-refractivity contribution in [2.45, 2.75) is 38.2 Å². The summed E-state index contributed by atoms with van der Waals surface area (Å²) in [4.78, 5) is 40.3. The van der Waals surface area contributed by atoms with Gasteiger partial charge < -0.3 is 30.1 Å². The SMILES string of the molecule is CCCOCC[C@H]1[C@@H](O)[C@H](n2cnc3c(=O)[nH]c(N)nc32)O[C@@H]1COP(=O)(O)O. The lowest BCUT2D eigenvalue weighted by molar-refractivity contribution is -0.0489. The smallest absolute Gasteiger partial charge is 0.388 e. The summed E-state index contributed by atoms with van der Waals surface area (Å²) < 4.78 is 28.3. The van der Waals surface area contributed by atoms with Gasteiger partial charge in [-0.2, -0.15) is 4.98 Å². The monoisotopic (exact) mass is 433 g/mol. The number of aliphatic hydroxyl groups is 1. The van der Waals surface area contributed by atoms with Crippen LogP contribution in [0.4, 0.5) is 5.95 Å². The highest BCUT2D eigenvalue weighted by Crippen LogP contribution is 2.41. The van der Waals surface area contributed by atoms with E-state index in [0.29, 0.717) is 19.6 Å². The molecule has 0 spiro atoms. The molecule has 0 aliphatic carbocycles. The second-order valence-corrected chi connectivity index (χ2v) is 7.92. The standard InChI is InChI=1S/C15H24N5O8P/c1-2-4-26-5-3-8-9(6-27-29(23,24)25)28-14(11(8)21)20-7-17-10-12(20)18-15(16)19-13(10)22/h7-9,11,14,21H,2-6H2,1H3,(H2,23,24,25)(H3,16,18,19,22)/t8-,9-,11-,14-/m1/s1. The minimum atomic E-state index is -4.72. The number of nitrogens with zero attached hydrogens (tertiary/aromatic N) is 3. The molecule has 3 rings (SSSR count). The van der Waals surface area contributed by atoms with Crippen LogP contribution in [-0.2, 0) is 18.6 Å². The first-order valence-electron chi connectivity index (χ1n) is 9.05. The third-order valence-electron chi connectivity index (χ3n) is 4.60. The first-order chi connectivity index (χ1) is 13.7. The summed E-state index contributed by atoms with van der Waals surface area (Å²) in [5, 5.41) is 10.9. The molecule has 0 unspecified atom stereocenters. The van der Waals surface area contributed by atoms with E-state index < -0.39 is 44.3 Å². The number of phosphoric ester groups is 1. The Hall–Kier alpha value is -1.86. The van der Waals surface area contributed by atoms with Gasteiger partial charge in [0.05, 0.1) is 19.0 Å². The number of nitrogens with two attached hydrogens (primary N) is 1. The normalized spacial score (nSPS) is 25.1. The van der Waals surface area contributed by atoms with E-state index in [1.807, 2.05) is 6.92 Å². The zero-order valence-electron chi connectivity index (χ0n) is 15.7. The molecular formula is C15H24N5O8P. The Kier molecular flexibility index (Phi) is 6.69. The molecule has 1 fully saturated rings.